The van der Waals surface area contributed by atoms with E-state index in [-0.39, 0.29) is 5.91 Å². The van der Waals surface area contributed by atoms with Crippen LogP contribution in [0.2, 0.25) is 0 Å². The molecule has 1 aliphatic rings. The average Bonchev–Trinajstić information content (AvgIpc) is 3.19. The second-order valence-corrected chi connectivity index (χ2v) is 6.17. The van der Waals surface area contributed by atoms with Crippen LogP contribution in [0, 0.1) is 0 Å². The van der Waals surface area contributed by atoms with E-state index < -0.39 is 0 Å². The van der Waals surface area contributed by atoms with Crippen molar-refractivity contribution in [3.63, 3.8) is 0 Å². The number of likely N-dealkylation sites (tertiary alicyclic amines) is 1. The van der Waals surface area contributed by atoms with E-state index >= 15 is 0 Å². The van der Waals surface area contributed by atoms with Crippen molar-refractivity contribution in [2.45, 2.75) is 39.3 Å². The summed E-state index contributed by atoms with van der Waals surface area (Å²) in [6.07, 6.45) is 6.10. The maximum atomic E-state index is 11.1. The van der Waals surface area contributed by atoms with Gasteiger partial charge in [-0.3, -0.25) is 19.1 Å². The molecule has 0 saturated carbocycles. The zero-order valence-electron chi connectivity index (χ0n) is 14.0. The zero-order valence-corrected chi connectivity index (χ0v) is 14.0. The van der Waals surface area contributed by atoms with Gasteiger partial charge in [-0.25, -0.2) is 0 Å². The van der Waals surface area contributed by atoms with Gasteiger partial charge in [0, 0.05) is 57.6 Å². The van der Waals surface area contributed by atoms with Gasteiger partial charge in [-0.05, 0) is 12.8 Å². The number of hydrogen-bond donors (Lipinski definition) is 1. The van der Waals surface area contributed by atoms with Crippen LogP contribution in [0.25, 0.3) is 0 Å². The topological polar surface area (TPSA) is 68.0 Å². The first kappa shape index (κ1) is 15.7. The van der Waals surface area contributed by atoms with E-state index in [0.717, 1.165) is 32.5 Å². The highest BCUT2D eigenvalue weighted by atomic mass is 16.1. The highest BCUT2D eigenvalue weighted by Crippen LogP contribution is 2.24. The average molecular weight is 316 g/mol. The second-order valence-electron chi connectivity index (χ2n) is 6.17. The first-order valence-corrected chi connectivity index (χ1v) is 8.11. The number of rotatable bonds is 5. The Labute approximate surface area is 136 Å². The molecule has 0 aromatic carbocycles. The van der Waals surface area contributed by atoms with Crippen molar-refractivity contribution >= 4 is 11.7 Å². The minimum Gasteiger partial charge on any atom is -0.309 e. The molecule has 3 heterocycles. The number of aromatic nitrogens is 4. The maximum absolute atomic E-state index is 11.1. The number of amides is 1. The molecule has 23 heavy (non-hydrogen) atoms. The first-order chi connectivity index (χ1) is 11.0. The molecular weight excluding hydrogens is 292 g/mol. The molecule has 1 unspecified atom stereocenters. The molecular formula is C16H24N6O. The Morgan fingerprint density at radius 3 is 3.00 bits per heavy atom. The van der Waals surface area contributed by atoms with E-state index in [0.29, 0.717) is 11.9 Å². The van der Waals surface area contributed by atoms with Gasteiger partial charge in [-0.1, -0.05) is 6.92 Å². The van der Waals surface area contributed by atoms with E-state index in [1.165, 1.54) is 18.2 Å². The fourth-order valence-electron chi connectivity index (χ4n) is 3.21. The summed E-state index contributed by atoms with van der Waals surface area (Å²) >= 11 is 0. The van der Waals surface area contributed by atoms with Crippen LogP contribution in [0.15, 0.2) is 18.5 Å². The van der Waals surface area contributed by atoms with Crippen LogP contribution in [0.4, 0.5) is 5.82 Å². The highest BCUT2D eigenvalue weighted by molar-refractivity contribution is 5.87. The lowest BCUT2D eigenvalue weighted by Gasteiger charge is -2.16. The van der Waals surface area contributed by atoms with Crippen molar-refractivity contribution in [1.82, 2.24) is 24.5 Å². The Morgan fingerprint density at radius 1 is 1.43 bits per heavy atom. The molecule has 0 bridgehead atoms. The smallest absolute Gasteiger partial charge is 0.222 e. The van der Waals surface area contributed by atoms with Crippen molar-refractivity contribution in [1.29, 1.82) is 0 Å². The van der Waals surface area contributed by atoms with Crippen LogP contribution < -0.4 is 5.32 Å². The largest absolute Gasteiger partial charge is 0.309 e. The molecule has 1 atom stereocenters. The number of anilines is 1. The summed E-state index contributed by atoms with van der Waals surface area (Å²) in [6, 6.07) is 2.21. The number of nitrogens with zero attached hydrogens (tertiary/aromatic N) is 5. The lowest BCUT2D eigenvalue weighted by molar-refractivity contribution is -0.114. The van der Waals surface area contributed by atoms with Gasteiger partial charge in [0.15, 0.2) is 5.82 Å². The van der Waals surface area contributed by atoms with E-state index in [2.05, 4.69) is 33.5 Å². The third-order valence-corrected chi connectivity index (χ3v) is 4.25. The van der Waals surface area contributed by atoms with Gasteiger partial charge in [-0.15, -0.1) is 0 Å². The molecule has 124 valence electrons. The van der Waals surface area contributed by atoms with Gasteiger partial charge in [0.05, 0.1) is 11.7 Å². The number of nitrogens with one attached hydrogen (secondary N) is 1. The number of carbonyl (C=O) groups excluding carboxylic acids is 1. The van der Waals surface area contributed by atoms with Crippen molar-refractivity contribution in [3.8, 4) is 0 Å². The van der Waals surface area contributed by atoms with Crippen LogP contribution in [0.3, 0.4) is 0 Å². The second kappa shape index (κ2) is 6.54. The quantitative estimate of drug-likeness (QED) is 0.909. The van der Waals surface area contributed by atoms with Crippen LogP contribution in [-0.2, 0) is 24.8 Å². The summed E-state index contributed by atoms with van der Waals surface area (Å²) < 4.78 is 3.87. The van der Waals surface area contributed by atoms with Crippen molar-refractivity contribution in [2.24, 2.45) is 7.05 Å². The molecule has 2 aromatic heterocycles. The molecule has 1 aliphatic heterocycles. The molecule has 3 rings (SSSR count). The van der Waals surface area contributed by atoms with E-state index in [9.17, 15) is 4.79 Å². The SMILES string of the molecule is CCc1nn(C)cc1CN1CCC(n2ccc(NC(C)=O)n2)C1. The normalized spacial score (nSPS) is 18.5. The van der Waals surface area contributed by atoms with Crippen LogP contribution in [0.5, 0.6) is 0 Å². The van der Waals surface area contributed by atoms with Crippen molar-refractivity contribution < 1.29 is 4.79 Å². The summed E-state index contributed by atoms with van der Waals surface area (Å²) in [5.74, 6) is 0.531. The van der Waals surface area contributed by atoms with Gasteiger partial charge < -0.3 is 5.32 Å². The molecule has 0 aliphatic carbocycles. The number of aryl methyl sites for hydroxylation is 2. The molecule has 1 N–H and O–H groups in total. The summed E-state index contributed by atoms with van der Waals surface area (Å²) in [4.78, 5) is 13.5. The lowest BCUT2D eigenvalue weighted by atomic mass is 10.2. The number of carbonyl (C=O) groups is 1. The molecule has 0 spiro atoms. The van der Waals surface area contributed by atoms with E-state index in [4.69, 9.17) is 0 Å². The van der Waals surface area contributed by atoms with Gasteiger partial charge in [0.25, 0.3) is 0 Å². The minimum atomic E-state index is -0.0908. The lowest BCUT2D eigenvalue weighted by Crippen LogP contribution is -2.22. The highest BCUT2D eigenvalue weighted by Gasteiger charge is 2.25. The van der Waals surface area contributed by atoms with E-state index in [1.807, 2.05) is 28.7 Å². The molecule has 1 saturated heterocycles. The van der Waals surface area contributed by atoms with Gasteiger partial charge in [0.2, 0.25) is 5.91 Å². The predicted octanol–water partition coefficient (Wildman–Crippen LogP) is 1.58. The maximum Gasteiger partial charge on any atom is 0.222 e. The molecule has 2 aromatic rings. The zero-order chi connectivity index (χ0) is 16.4. The Bertz CT molecular complexity index is 689. The Balaban J connectivity index is 1.62. The Kier molecular flexibility index (Phi) is 4.47. The van der Waals surface area contributed by atoms with Gasteiger partial charge in [-0.2, -0.15) is 10.2 Å². The minimum absolute atomic E-state index is 0.0908. The fourth-order valence-corrected chi connectivity index (χ4v) is 3.21. The summed E-state index contributed by atoms with van der Waals surface area (Å²) in [6.45, 7) is 6.60. The van der Waals surface area contributed by atoms with Gasteiger partial charge >= 0.3 is 0 Å². The fraction of sp³-hybridized carbons (Fsp3) is 0.562. The molecule has 0 radical (unpaired) electrons. The van der Waals surface area contributed by atoms with Gasteiger partial charge in [0.1, 0.15) is 0 Å². The Hall–Kier alpha value is -2.15. The van der Waals surface area contributed by atoms with E-state index in [1.54, 1.807) is 0 Å². The third kappa shape index (κ3) is 3.61. The monoisotopic (exact) mass is 316 g/mol. The summed E-state index contributed by atoms with van der Waals surface area (Å²) in [5, 5.41) is 11.7. The summed E-state index contributed by atoms with van der Waals surface area (Å²) in [5.41, 5.74) is 2.50. The summed E-state index contributed by atoms with van der Waals surface area (Å²) in [7, 11) is 1.97. The van der Waals surface area contributed by atoms with Crippen LogP contribution in [0.1, 0.15) is 37.6 Å². The molecule has 7 nitrogen and oxygen atoms in total. The van der Waals surface area contributed by atoms with Crippen LogP contribution in [-0.4, -0.2) is 43.5 Å². The molecule has 1 fully saturated rings. The molecule has 1 amide bonds. The van der Waals surface area contributed by atoms with Crippen molar-refractivity contribution in [3.05, 3.63) is 29.7 Å². The standard InChI is InChI=1S/C16H24N6O/c1-4-15-13(9-20(3)18-15)10-21-7-5-14(11-21)22-8-6-16(19-22)17-12(2)23/h6,8-9,14H,4-5,7,10-11H2,1-3H3,(H,17,19,23). The molecule has 7 heteroatoms. The van der Waals surface area contributed by atoms with Crippen LogP contribution >= 0.6 is 0 Å². The Morgan fingerprint density at radius 2 is 2.26 bits per heavy atom. The third-order valence-electron chi connectivity index (χ3n) is 4.25. The van der Waals surface area contributed by atoms with Crippen molar-refractivity contribution in [2.75, 3.05) is 18.4 Å². The number of hydrogen-bond acceptors (Lipinski definition) is 4. The predicted molar refractivity (Wildman–Crippen MR) is 88.0 cm³/mol. The first-order valence-electron chi connectivity index (χ1n) is 8.11.